The number of aliphatic carboxylic acids is 1. The average Bonchev–Trinajstić information content (AvgIpc) is 3.43. The van der Waals surface area contributed by atoms with Crippen molar-refractivity contribution in [3.8, 4) is 5.75 Å². The number of carbonyl (C=O) groups excluding carboxylic acids is 3. The molecule has 0 saturated carbocycles. The summed E-state index contributed by atoms with van der Waals surface area (Å²) in [5.74, 6) is -2.89. The zero-order valence-corrected chi connectivity index (χ0v) is 21.6. The van der Waals surface area contributed by atoms with Crippen molar-refractivity contribution < 1.29 is 29.4 Å². The smallest absolute Gasteiger partial charge is 0.326 e. The fourth-order valence-corrected chi connectivity index (χ4v) is 4.36. The number of phenolic OH excluding ortho intramolecular Hbond substituents is 1. The lowest BCUT2D eigenvalue weighted by Crippen LogP contribution is -2.59. The molecule has 0 bridgehead atoms. The highest BCUT2D eigenvalue weighted by Gasteiger charge is 2.33. The van der Waals surface area contributed by atoms with Gasteiger partial charge < -0.3 is 31.5 Å². The Balaban J connectivity index is 1.77. The van der Waals surface area contributed by atoms with Crippen molar-refractivity contribution in [2.24, 2.45) is 5.92 Å². The molecule has 0 radical (unpaired) electrons. The summed E-state index contributed by atoms with van der Waals surface area (Å²) in [5.41, 5.74) is 1.39. The van der Waals surface area contributed by atoms with Crippen LogP contribution >= 0.6 is 0 Å². The second-order valence-electron chi connectivity index (χ2n) is 9.90. The Morgan fingerprint density at radius 1 is 0.868 bits per heavy atom. The number of hydrogen-bond donors (Lipinski definition) is 6. The zero-order chi connectivity index (χ0) is 27.7. The van der Waals surface area contributed by atoms with Crippen LogP contribution in [0.15, 0.2) is 54.6 Å². The minimum atomic E-state index is -1.21. The number of hydrogen-bond acceptors (Lipinski definition) is 6. The predicted octanol–water partition coefficient (Wildman–Crippen LogP) is 1.12. The van der Waals surface area contributed by atoms with E-state index in [-0.39, 0.29) is 36.5 Å². The van der Waals surface area contributed by atoms with Gasteiger partial charge in [0.15, 0.2) is 0 Å². The normalized spacial score (nSPS) is 17.3. The Labute approximate surface area is 222 Å². The summed E-state index contributed by atoms with van der Waals surface area (Å²) in [7, 11) is 0. The first-order chi connectivity index (χ1) is 18.1. The van der Waals surface area contributed by atoms with E-state index in [0.29, 0.717) is 12.0 Å². The van der Waals surface area contributed by atoms with Gasteiger partial charge in [-0.3, -0.25) is 14.4 Å². The van der Waals surface area contributed by atoms with Gasteiger partial charge >= 0.3 is 5.97 Å². The van der Waals surface area contributed by atoms with Crippen LogP contribution in [0.3, 0.4) is 0 Å². The fraction of sp³-hybridized carbons (Fsp3) is 0.429. The SMILES string of the molecule is CC(C)C(NC(=O)C1CCCN1)C(=O)NC(Cc1ccc(O)cc1)C(=O)NC(Cc1ccccc1)C(=O)O. The number of carboxylic acids is 1. The lowest BCUT2D eigenvalue weighted by atomic mass is 9.99. The third-order valence-electron chi connectivity index (χ3n) is 6.53. The van der Waals surface area contributed by atoms with Crippen molar-refractivity contribution in [1.29, 1.82) is 0 Å². The van der Waals surface area contributed by atoms with Crippen molar-refractivity contribution in [3.63, 3.8) is 0 Å². The number of nitrogens with one attached hydrogen (secondary N) is 4. The van der Waals surface area contributed by atoms with Gasteiger partial charge in [0.05, 0.1) is 6.04 Å². The number of aromatic hydroxyl groups is 1. The summed E-state index contributed by atoms with van der Waals surface area (Å²) in [5, 5.41) is 30.5. The molecular weight excluding hydrogens is 488 g/mol. The van der Waals surface area contributed by atoms with Crippen LogP contribution in [0.5, 0.6) is 5.75 Å². The molecule has 4 unspecified atom stereocenters. The summed E-state index contributed by atoms with van der Waals surface area (Å²) in [6.45, 7) is 4.32. The number of rotatable bonds is 12. The quantitative estimate of drug-likeness (QED) is 0.243. The standard InChI is InChI=1S/C28H36N4O6/c1-17(2)24(32-25(34)21-9-6-14-29-21)27(36)30-22(15-19-10-12-20(33)13-11-19)26(35)31-23(28(37)38)16-18-7-4-3-5-8-18/h3-5,7-8,10-13,17,21-24,29,33H,6,9,14-16H2,1-2H3,(H,30,36)(H,31,35)(H,32,34)(H,37,38). The first kappa shape index (κ1) is 28.6. The van der Waals surface area contributed by atoms with Crippen LogP contribution < -0.4 is 21.3 Å². The molecule has 2 aromatic rings. The monoisotopic (exact) mass is 524 g/mol. The highest BCUT2D eigenvalue weighted by molar-refractivity contribution is 5.94. The maximum atomic E-state index is 13.3. The number of carboxylic acid groups (broad SMARTS) is 1. The zero-order valence-electron chi connectivity index (χ0n) is 21.6. The Hall–Kier alpha value is -3.92. The molecule has 1 fully saturated rings. The minimum Gasteiger partial charge on any atom is -0.508 e. The number of phenols is 1. The molecule has 6 N–H and O–H groups in total. The second-order valence-corrected chi connectivity index (χ2v) is 9.90. The summed E-state index contributed by atoms with van der Waals surface area (Å²) in [6, 6.07) is 11.5. The van der Waals surface area contributed by atoms with E-state index in [2.05, 4.69) is 21.3 Å². The molecule has 0 aromatic heterocycles. The van der Waals surface area contributed by atoms with Gasteiger partial charge in [-0.2, -0.15) is 0 Å². The lowest BCUT2D eigenvalue weighted by molar-refractivity contribution is -0.142. The van der Waals surface area contributed by atoms with Crippen molar-refractivity contribution in [2.45, 2.75) is 63.7 Å². The highest BCUT2D eigenvalue weighted by Crippen LogP contribution is 2.13. The molecule has 1 aliphatic heterocycles. The Bertz CT molecular complexity index is 1100. The van der Waals surface area contributed by atoms with E-state index in [1.165, 1.54) is 12.1 Å². The number of benzene rings is 2. The average molecular weight is 525 g/mol. The van der Waals surface area contributed by atoms with E-state index < -0.39 is 35.9 Å². The van der Waals surface area contributed by atoms with Gasteiger partial charge in [-0.25, -0.2) is 4.79 Å². The molecule has 1 saturated heterocycles. The van der Waals surface area contributed by atoms with Crippen LogP contribution in [0.25, 0.3) is 0 Å². The van der Waals surface area contributed by atoms with Gasteiger partial charge in [0.1, 0.15) is 23.9 Å². The fourth-order valence-electron chi connectivity index (χ4n) is 4.36. The molecule has 10 nitrogen and oxygen atoms in total. The molecular formula is C28H36N4O6. The highest BCUT2D eigenvalue weighted by atomic mass is 16.4. The number of amides is 3. The van der Waals surface area contributed by atoms with E-state index in [4.69, 9.17) is 0 Å². The van der Waals surface area contributed by atoms with E-state index in [0.717, 1.165) is 18.5 Å². The van der Waals surface area contributed by atoms with Crippen molar-refractivity contribution in [1.82, 2.24) is 21.3 Å². The Morgan fingerprint density at radius 2 is 1.47 bits per heavy atom. The second kappa shape index (κ2) is 13.6. The lowest BCUT2D eigenvalue weighted by Gasteiger charge is -2.27. The summed E-state index contributed by atoms with van der Waals surface area (Å²) >= 11 is 0. The summed E-state index contributed by atoms with van der Waals surface area (Å²) in [6.07, 6.45) is 1.68. The third-order valence-corrected chi connectivity index (χ3v) is 6.53. The van der Waals surface area contributed by atoms with Crippen molar-refractivity contribution >= 4 is 23.7 Å². The Kier molecular flexibility index (Phi) is 10.2. The molecule has 38 heavy (non-hydrogen) atoms. The van der Waals surface area contributed by atoms with Crippen molar-refractivity contribution in [3.05, 3.63) is 65.7 Å². The van der Waals surface area contributed by atoms with Crippen LogP contribution in [0.2, 0.25) is 0 Å². The van der Waals surface area contributed by atoms with E-state index >= 15 is 0 Å². The molecule has 4 atom stereocenters. The van der Waals surface area contributed by atoms with Gasteiger partial charge in [0.2, 0.25) is 17.7 Å². The molecule has 0 aliphatic carbocycles. The van der Waals surface area contributed by atoms with E-state index in [1.54, 1.807) is 50.2 Å². The Morgan fingerprint density at radius 3 is 2.05 bits per heavy atom. The topological polar surface area (TPSA) is 157 Å². The van der Waals surface area contributed by atoms with Crippen molar-refractivity contribution in [2.75, 3.05) is 6.54 Å². The molecule has 0 spiro atoms. The third kappa shape index (κ3) is 8.31. The van der Waals surface area contributed by atoms with Crippen LogP contribution in [-0.2, 0) is 32.0 Å². The van der Waals surface area contributed by atoms with Crippen LogP contribution in [0.1, 0.15) is 37.8 Å². The molecule has 3 amide bonds. The molecule has 2 aromatic carbocycles. The maximum absolute atomic E-state index is 13.3. The molecule has 10 heteroatoms. The minimum absolute atomic E-state index is 0.0516. The summed E-state index contributed by atoms with van der Waals surface area (Å²) in [4.78, 5) is 51.3. The van der Waals surface area contributed by atoms with E-state index in [1.807, 2.05) is 6.07 Å². The van der Waals surface area contributed by atoms with Gasteiger partial charge in [-0.1, -0.05) is 56.3 Å². The van der Waals surface area contributed by atoms with Gasteiger partial charge in [0, 0.05) is 12.8 Å². The van der Waals surface area contributed by atoms with Crippen LogP contribution in [-0.4, -0.2) is 64.6 Å². The van der Waals surface area contributed by atoms with Crippen LogP contribution in [0, 0.1) is 5.92 Å². The first-order valence-corrected chi connectivity index (χ1v) is 12.8. The molecule has 3 rings (SSSR count). The first-order valence-electron chi connectivity index (χ1n) is 12.8. The van der Waals surface area contributed by atoms with Gasteiger partial charge in [-0.15, -0.1) is 0 Å². The molecule has 204 valence electrons. The number of carbonyl (C=O) groups is 4. The summed E-state index contributed by atoms with van der Waals surface area (Å²) < 4.78 is 0. The molecule has 1 heterocycles. The van der Waals surface area contributed by atoms with Gasteiger partial charge in [-0.05, 0) is 48.6 Å². The van der Waals surface area contributed by atoms with Gasteiger partial charge in [0.25, 0.3) is 0 Å². The molecule has 1 aliphatic rings. The largest absolute Gasteiger partial charge is 0.508 e. The van der Waals surface area contributed by atoms with E-state index in [9.17, 15) is 29.4 Å². The van der Waals surface area contributed by atoms with Crippen LogP contribution in [0.4, 0.5) is 0 Å². The maximum Gasteiger partial charge on any atom is 0.326 e. The predicted molar refractivity (Wildman–Crippen MR) is 141 cm³/mol.